The molecule has 4 fully saturated rings. The number of hydrogen-bond donors (Lipinski definition) is 0. The van der Waals surface area contributed by atoms with Crippen LogP contribution in [0.25, 0.3) is 0 Å². The molecule has 42 heavy (non-hydrogen) atoms. The van der Waals surface area contributed by atoms with Crippen molar-refractivity contribution in [3.05, 3.63) is 47.5 Å². The van der Waals surface area contributed by atoms with Crippen LogP contribution in [0.5, 0.6) is 0 Å². The maximum Gasteiger partial charge on any atom is 0.311 e. The number of carbonyl (C=O) groups is 2. The van der Waals surface area contributed by atoms with Crippen molar-refractivity contribution in [3.8, 4) is 0 Å². The van der Waals surface area contributed by atoms with Gasteiger partial charge in [0, 0.05) is 5.92 Å². The van der Waals surface area contributed by atoms with Crippen LogP contribution in [0.3, 0.4) is 0 Å². The number of carbonyl (C=O) groups excluding carboxylic acids is 2. The summed E-state index contributed by atoms with van der Waals surface area (Å²) >= 11 is 0. The lowest BCUT2D eigenvalue weighted by Crippen LogP contribution is -2.66. The first-order valence-corrected chi connectivity index (χ1v) is 16.6. The maximum absolute atomic E-state index is 14.6. The Bertz CT molecular complexity index is 1280. The highest BCUT2D eigenvalue weighted by atomic mass is 16.5. The summed E-state index contributed by atoms with van der Waals surface area (Å²) in [4.78, 5) is 27.6. The summed E-state index contributed by atoms with van der Waals surface area (Å²) in [7, 11) is 1.52. The minimum absolute atomic E-state index is 0.00881. The molecule has 5 aliphatic carbocycles. The summed E-state index contributed by atoms with van der Waals surface area (Å²) in [6, 6.07) is 10.5. The molecule has 4 saturated carbocycles. The molecule has 0 bridgehead atoms. The molecule has 9 atom stereocenters. The van der Waals surface area contributed by atoms with Crippen molar-refractivity contribution >= 4 is 11.8 Å². The molecule has 6 rings (SSSR count). The minimum Gasteiger partial charge on any atom is -0.469 e. The second-order valence-electron chi connectivity index (χ2n) is 16.9. The molecule has 4 heteroatoms. The largest absolute Gasteiger partial charge is 0.469 e. The molecule has 4 nitrogen and oxygen atoms in total. The Morgan fingerprint density at radius 3 is 2.26 bits per heavy atom. The van der Waals surface area contributed by atoms with E-state index in [1.54, 1.807) is 0 Å². The number of ether oxygens (including phenoxy) is 2. The van der Waals surface area contributed by atoms with Crippen molar-refractivity contribution in [2.75, 3.05) is 7.11 Å². The molecular formula is C38H54O4. The van der Waals surface area contributed by atoms with E-state index >= 15 is 0 Å². The third-order valence-corrected chi connectivity index (χ3v) is 14.5. The minimum atomic E-state index is -0.482. The molecule has 230 valence electrons. The molecule has 0 radical (unpaired) electrons. The van der Waals surface area contributed by atoms with Crippen LogP contribution in [0, 0.1) is 50.2 Å². The summed E-state index contributed by atoms with van der Waals surface area (Å²) < 4.78 is 12.0. The third-order valence-electron chi connectivity index (χ3n) is 14.5. The van der Waals surface area contributed by atoms with Gasteiger partial charge in [0.15, 0.2) is 5.78 Å². The van der Waals surface area contributed by atoms with Crippen molar-refractivity contribution in [3.63, 3.8) is 0 Å². The van der Waals surface area contributed by atoms with Crippen molar-refractivity contribution in [1.82, 2.24) is 0 Å². The molecule has 0 aliphatic heterocycles. The lowest BCUT2D eigenvalue weighted by Gasteiger charge is -2.70. The molecule has 0 amide bonds. The number of ketones is 1. The van der Waals surface area contributed by atoms with Gasteiger partial charge in [-0.25, -0.2) is 0 Å². The predicted molar refractivity (Wildman–Crippen MR) is 166 cm³/mol. The van der Waals surface area contributed by atoms with Gasteiger partial charge >= 0.3 is 5.97 Å². The van der Waals surface area contributed by atoms with Crippen LogP contribution in [0.4, 0.5) is 0 Å². The van der Waals surface area contributed by atoms with E-state index in [2.05, 4.69) is 84.9 Å². The fourth-order valence-electron chi connectivity index (χ4n) is 11.7. The highest BCUT2D eigenvalue weighted by Gasteiger charge is 2.70. The third kappa shape index (κ3) is 4.09. The predicted octanol–water partition coefficient (Wildman–Crippen LogP) is 8.73. The summed E-state index contributed by atoms with van der Waals surface area (Å²) in [6.45, 7) is 17.4. The Hall–Kier alpha value is -1.94. The summed E-state index contributed by atoms with van der Waals surface area (Å²) in [5, 5.41) is 0. The van der Waals surface area contributed by atoms with Gasteiger partial charge in [-0.2, -0.15) is 0 Å². The topological polar surface area (TPSA) is 52.6 Å². The number of benzene rings is 1. The molecule has 5 aliphatic rings. The van der Waals surface area contributed by atoms with Gasteiger partial charge in [-0.15, -0.1) is 0 Å². The lowest BCUT2D eigenvalue weighted by molar-refractivity contribution is -0.211. The van der Waals surface area contributed by atoms with Crippen molar-refractivity contribution < 1.29 is 19.1 Å². The van der Waals surface area contributed by atoms with Crippen LogP contribution < -0.4 is 0 Å². The van der Waals surface area contributed by atoms with E-state index in [1.807, 2.05) is 0 Å². The Morgan fingerprint density at radius 2 is 1.57 bits per heavy atom. The second-order valence-corrected chi connectivity index (χ2v) is 16.9. The highest BCUT2D eigenvalue weighted by Crippen LogP contribution is 2.75. The maximum atomic E-state index is 14.6. The molecule has 1 aromatic carbocycles. The zero-order valence-corrected chi connectivity index (χ0v) is 27.5. The average Bonchev–Trinajstić information content (AvgIpc) is 2.94. The number of rotatable bonds is 4. The first-order valence-electron chi connectivity index (χ1n) is 16.6. The van der Waals surface area contributed by atoms with Gasteiger partial charge in [-0.1, -0.05) is 77.4 Å². The molecule has 1 aromatic rings. The second kappa shape index (κ2) is 9.78. The number of hydrogen-bond acceptors (Lipinski definition) is 4. The Morgan fingerprint density at radius 1 is 0.881 bits per heavy atom. The SMILES string of the molecule is COC(=O)[C@@]1(C)CC[C@]2(C)CC[C@]3(C)C(=CC(=O)[C@@H]4[C@@]5(C)CC[C@H](OCc6ccccc6)C(C)(C)[C@@H]5CC[C@]43C)[C@H]2C1. The van der Waals surface area contributed by atoms with E-state index < -0.39 is 5.41 Å². The van der Waals surface area contributed by atoms with Crippen LogP contribution in [0.2, 0.25) is 0 Å². The van der Waals surface area contributed by atoms with Gasteiger partial charge < -0.3 is 9.47 Å². The van der Waals surface area contributed by atoms with Crippen LogP contribution in [-0.4, -0.2) is 25.0 Å². The van der Waals surface area contributed by atoms with Gasteiger partial charge in [0.2, 0.25) is 0 Å². The summed E-state index contributed by atoms with van der Waals surface area (Å²) in [6.07, 6.45) is 11.5. The van der Waals surface area contributed by atoms with Crippen molar-refractivity contribution in [2.45, 2.75) is 119 Å². The average molecular weight is 575 g/mol. The Balaban J connectivity index is 1.33. The van der Waals surface area contributed by atoms with E-state index in [0.29, 0.717) is 18.3 Å². The van der Waals surface area contributed by atoms with Gasteiger partial charge in [0.05, 0.1) is 25.2 Å². The Kier molecular flexibility index (Phi) is 7.01. The van der Waals surface area contributed by atoms with Crippen LogP contribution in [-0.2, 0) is 25.7 Å². The number of esters is 1. The zero-order valence-electron chi connectivity index (χ0n) is 27.5. The number of methoxy groups -OCH3 is 1. The fourth-order valence-corrected chi connectivity index (χ4v) is 11.7. The van der Waals surface area contributed by atoms with Crippen LogP contribution in [0.15, 0.2) is 42.0 Å². The van der Waals surface area contributed by atoms with Crippen LogP contribution in [0.1, 0.15) is 112 Å². The Labute approximate surface area is 254 Å². The zero-order chi connectivity index (χ0) is 30.3. The van der Waals surface area contributed by atoms with Crippen LogP contribution >= 0.6 is 0 Å². The van der Waals surface area contributed by atoms with Gasteiger partial charge in [0.25, 0.3) is 0 Å². The van der Waals surface area contributed by atoms with E-state index in [1.165, 1.54) is 24.7 Å². The molecule has 0 spiro atoms. The van der Waals surface area contributed by atoms with E-state index in [-0.39, 0.29) is 51.0 Å². The lowest BCUT2D eigenvalue weighted by atomic mass is 9.33. The quantitative estimate of drug-likeness (QED) is 0.338. The smallest absolute Gasteiger partial charge is 0.311 e. The summed E-state index contributed by atoms with van der Waals surface area (Å²) in [5.74, 6) is 0.967. The van der Waals surface area contributed by atoms with Gasteiger partial charge in [-0.05, 0) is 115 Å². The normalized spacial score (nSPS) is 45.9. The van der Waals surface area contributed by atoms with E-state index in [0.717, 1.165) is 51.4 Å². The monoisotopic (exact) mass is 574 g/mol. The van der Waals surface area contributed by atoms with Gasteiger partial charge in [0.1, 0.15) is 0 Å². The molecule has 0 saturated heterocycles. The standard InChI is InChI=1S/C38H54O4/c1-33(2)29-14-17-38(7)31(36(29,5)16-15-30(33)42-24-25-12-10-9-11-13-25)28(39)22-26-27-23-35(4,32(40)41-8)19-18-34(27,3)20-21-37(26,38)6/h9-13,22,27,29-31H,14-21,23-24H2,1-8H3/t27-,29+,30+,31-,34-,35+,36+,37-,38-/m1/s1. The number of allylic oxidation sites excluding steroid dienone is 2. The van der Waals surface area contributed by atoms with Crippen molar-refractivity contribution in [1.29, 1.82) is 0 Å². The van der Waals surface area contributed by atoms with E-state index in [9.17, 15) is 9.59 Å². The number of fused-ring (bicyclic) bond motifs is 7. The highest BCUT2D eigenvalue weighted by molar-refractivity contribution is 5.95. The molecule has 0 N–H and O–H groups in total. The molecule has 0 heterocycles. The summed E-state index contributed by atoms with van der Waals surface area (Å²) in [5.41, 5.74) is 2.04. The molecular weight excluding hydrogens is 520 g/mol. The fraction of sp³-hybridized carbons (Fsp3) is 0.737. The first kappa shape index (κ1) is 30.1. The molecule has 0 unspecified atom stereocenters. The molecule has 0 aromatic heterocycles. The first-order chi connectivity index (χ1) is 19.6. The van der Waals surface area contributed by atoms with Gasteiger partial charge in [-0.3, -0.25) is 9.59 Å². The van der Waals surface area contributed by atoms with E-state index in [4.69, 9.17) is 9.47 Å². The van der Waals surface area contributed by atoms with Crippen molar-refractivity contribution in [2.24, 2.45) is 50.2 Å².